The Labute approximate surface area is 411 Å². The van der Waals surface area contributed by atoms with E-state index < -0.39 is 71.5 Å². The Morgan fingerprint density at radius 3 is 1.92 bits per heavy atom. The molecule has 3 heterocycles. The fraction of sp³-hybridized carbons (Fsp3) is 0.186. The lowest BCUT2D eigenvalue weighted by molar-refractivity contribution is -0.178. The Morgan fingerprint density at radius 2 is 1.28 bits per heavy atom. The number of nitrogens with one attached hydrogen (secondary N) is 2. The molecule has 4 N–H and O–H groups in total. The molecule has 7 aromatic rings. The number of benzene rings is 7. The first kappa shape index (κ1) is 46.2. The Bertz CT molecular complexity index is 3150. The quantitative estimate of drug-likeness (QED) is 0.0778. The number of ether oxygens (including phenoxy) is 2. The molecule has 3 aliphatic rings. The third-order valence-electron chi connectivity index (χ3n) is 13.9. The number of imide groups is 1. The van der Waals surface area contributed by atoms with E-state index in [9.17, 15) is 10.2 Å². The van der Waals surface area contributed by atoms with E-state index in [1.54, 1.807) is 73.8 Å². The van der Waals surface area contributed by atoms with Crippen LogP contribution in [0.5, 0.6) is 11.5 Å². The number of amides is 4. The van der Waals surface area contributed by atoms with Crippen LogP contribution in [0.3, 0.4) is 0 Å². The second-order valence-corrected chi connectivity index (χ2v) is 18.0. The highest BCUT2D eigenvalue weighted by molar-refractivity contribution is 6.24. The van der Waals surface area contributed by atoms with Gasteiger partial charge in [-0.1, -0.05) is 145 Å². The number of cyclic esters (lactones) is 1. The molecule has 0 bridgehead atoms. The normalized spacial score (nSPS) is 22.0. The van der Waals surface area contributed by atoms with Crippen LogP contribution < -0.4 is 20.3 Å². The summed E-state index contributed by atoms with van der Waals surface area (Å²) >= 11 is 0. The standard InChI is InChI=1S/C59H50N4O8/c1-37(40-15-7-3-8-16-40)61-58(69)62-48-34-27-39(24-23-38-25-32-46(70-2)33-26-38)35-47(48)59(57(62)68)50(55(66)60-36-49(65)41-17-9-4-10-18-41)52-56(67)71-53(43-21-13-6-14-22-43)51(42-19-11-5-12-20-42)63(52)54(59)44-28-30-45(64)31-29-44/h3-22,25-35,37,49-54,64-65H,36H2,1-2H3,(H,60,66)(H,61,69). The molecule has 8 unspecified atom stereocenters. The van der Waals surface area contributed by atoms with Crippen molar-refractivity contribution in [3.63, 3.8) is 0 Å². The summed E-state index contributed by atoms with van der Waals surface area (Å²) in [4.78, 5) is 66.0. The SMILES string of the molecule is COc1ccc(C#Cc2ccc3c(c2)C2(C(=O)N3C(=O)NC(C)c3ccccc3)C(C(=O)NCC(O)c3ccccc3)C3C(=O)OC(c4ccccc4)C(c4ccccc4)N3C2c2ccc(O)cc2)cc1. The molecular formula is C59H50N4O8. The van der Waals surface area contributed by atoms with Gasteiger partial charge in [0.1, 0.15) is 29.1 Å². The number of phenols is 1. The van der Waals surface area contributed by atoms with Gasteiger partial charge in [0.15, 0.2) is 0 Å². The molecular weight excluding hydrogens is 893 g/mol. The maximum atomic E-state index is 16.6. The van der Waals surface area contributed by atoms with Crippen molar-refractivity contribution in [2.45, 2.75) is 48.7 Å². The zero-order valence-electron chi connectivity index (χ0n) is 38.9. The zero-order chi connectivity index (χ0) is 49.2. The Hall–Kier alpha value is -8.50. The van der Waals surface area contributed by atoms with Crippen LogP contribution in [0, 0.1) is 17.8 Å². The molecule has 7 aromatic carbocycles. The summed E-state index contributed by atoms with van der Waals surface area (Å²) in [6, 6.07) is 50.9. The zero-order valence-corrected chi connectivity index (χ0v) is 38.9. The van der Waals surface area contributed by atoms with Gasteiger partial charge < -0.3 is 30.3 Å². The summed E-state index contributed by atoms with van der Waals surface area (Å²) in [6.07, 6.45) is -2.10. The van der Waals surface area contributed by atoms with Crippen molar-refractivity contribution in [1.82, 2.24) is 15.5 Å². The molecule has 0 aromatic heterocycles. The summed E-state index contributed by atoms with van der Waals surface area (Å²) in [6.45, 7) is 1.54. The highest BCUT2D eigenvalue weighted by Gasteiger charge is 2.75. The Morgan fingerprint density at radius 1 is 0.704 bits per heavy atom. The van der Waals surface area contributed by atoms with Crippen molar-refractivity contribution in [3.8, 4) is 23.3 Å². The number of aliphatic hydroxyl groups is 1. The highest BCUT2D eigenvalue weighted by atomic mass is 16.6. The second kappa shape index (κ2) is 19.5. The number of aromatic hydroxyl groups is 1. The van der Waals surface area contributed by atoms with Crippen molar-refractivity contribution < 1.29 is 38.9 Å². The molecule has 4 amide bonds. The smallest absolute Gasteiger partial charge is 0.329 e. The average molecular weight is 943 g/mol. The molecule has 71 heavy (non-hydrogen) atoms. The van der Waals surface area contributed by atoms with Crippen molar-refractivity contribution >= 4 is 29.5 Å². The number of phenolic OH excluding ortho intramolecular Hbond substituents is 1. The van der Waals surface area contributed by atoms with E-state index >= 15 is 19.2 Å². The van der Waals surface area contributed by atoms with E-state index in [1.807, 2.05) is 121 Å². The largest absolute Gasteiger partial charge is 0.508 e. The predicted molar refractivity (Wildman–Crippen MR) is 267 cm³/mol. The van der Waals surface area contributed by atoms with Gasteiger partial charge in [0.2, 0.25) is 11.8 Å². The molecule has 2 fully saturated rings. The highest BCUT2D eigenvalue weighted by Crippen LogP contribution is 2.66. The number of fused-ring (bicyclic) bond motifs is 3. The summed E-state index contributed by atoms with van der Waals surface area (Å²) in [5.41, 5.74) is 2.75. The lowest BCUT2D eigenvalue weighted by Gasteiger charge is -2.46. The average Bonchev–Trinajstić information content (AvgIpc) is 3.87. The number of anilines is 1. The van der Waals surface area contributed by atoms with Gasteiger partial charge in [0.25, 0.3) is 0 Å². The number of aliphatic hydroxyl groups excluding tert-OH is 1. The van der Waals surface area contributed by atoms with Crippen molar-refractivity contribution in [2.24, 2.45) is 5.92 Å². The topological polar surface area (TPSA) is 158 Å². The first-order valence-electron chi connectivity index (χ1n) is 23.5. The van der Waals surface area contributed by atoms with Crippen LogP contribution in [0.2, 0.25) is 0 Å². The third kappa shape index (κ3) is 8.45. The van der Waals surface area contributed by atoms with Crippen molar-refractivity contribution in [2.75, 3.05) is 18.6 Å². The fourth-order valence-electron chi connectivity index (χ4n) is 10.6. The van der Waals surface area contributed by atoms with E-state index in [0.29, 0.717) is 33.6 Å². The molecule has 2 saturated heterocycles. The molecule has 10 rings (SSSR count). The van der Waals surface area contributed by atoms with Crippen LogP contribution in [0.25, 0.3) is 0 Å². The van der Waals surface area contributed by atoms with Gasteiger partial charge >= 0.3 is 12.0 Å². The third-order valence-corrected chi connectivity index (χ3v) is 13.9. The van der Waals surface area contributed by atoms with E-state index in [2.05, 4.69) is 22.5 Å². The summed E-state index contributed by atoms with van der Waals surface area (Å²) in [5.74, 6) is 3.22. The van der Waals surface area contributed by atoms with Crippen LogP contribution in [0.15, 0.2) is 188 Å². The lowest BCUT2D eigenvalue weighted by atomic mass is 9.65. The molecule has 8 atom stereocenters. The molecule has 1 spiro atoms. The summed E-state index contributed by atoms with van der Waals surface area (Å²) in [7, 11) is 1.58. The molecule has 354 valence electrons. The fourth-order valence-corrected chi connectivity index (χ4v) is 10.6. The number of methoxy groups -OCH3 is 1. The first-order chi connectivity index (χ1) is 34.6. The molecule has 0 saturated carbocycles. The van der Waals surface area contributed by atoms with Crippen molar-refractivity contribution in [3.05, 3.63) is 233 Å². The van der Waals surface area contributed by atoms with E-state index in [1.165, 1.54) is 12.1 Å². The van der Waals surface area contributed by atoms with Gasteiger partial charge in [-0.15, -0.1) is 0 Å². The maximum absolute atomic E-state index is 16.6. The van der Waals surface area contributed by atoms with Gasteiger partial charge in [-0.05, 0) is 94.9 Å². The number of carbonyl (C=O) groups is 4. The van der Waals surface area contributed by atoms with Gasteiger partial charge in [0.05, 0.1) is 42.9 Å². The van der Waals surface area contributed by atoms with Gasteiger partial charge in [-0.25, -0.2) is 9.69 Å². The van der Waals surface area contributed by atoms with Crippen LogP contribution in [0.1, 0.15) is 81.8 Å². The number of esters is 1. The first-order valence-corrected chi connectivity index (χ1v) is 23.5. The number of hydrogen-bond donors (Lipinski definition) is 4. The molecule has 12 nitrogen and oxygen atoms in total. The lowest BCUT2D eigenvalue weighted by Crippen LogP contribution is -2.56. The van der Waals surface area contributed by atoms with Gasteiger partial charge in [-0.3, -0.25) is 19.3 Å². The van der Waals surface area contributed by atoms with Gasteiger partial charge in [0, 0.05) is 17.7 Å². The number of urea groups is 1. The van der Waals surface area contributed by atoms with Crippen LogP contribution in [-0.2, 0) is 24.5 Å². The summed E-state index contributed by atoms with van der Waals surface area (Å²) in [5, 5.41) is 28.3. The van der Waals surface area contributed by atoms with Gasteiger partial charge in [-0.2, -0.15) is 0 Å². The number of hydrogen-bond acceptors (Lipinski definition) is 9. The minimum atomic E-state index is -2.08. The molecule has 0 radical (unpaired) electrons. The molecule has 0 aliphatic carbocycles. The second-order valence-electron chi connectivity index (χ2n) is 18.0. The number of rotatable bonds is 10. The number of morpholine rings is 1. The van der Waals surface area contributed by atoms with E-state index in [4.69, 9.17) is 9.47 Å². The van der Waals surface area contributed by atoms with Crippen molar-refractivity contribution in [1.29, 1.82) is 0 Å². The monoisotopic (exact) mass is 942 g/mol. The maximum Gasteiger partial charge on any atom is 0.329 e. The van der Waals surface area contributed by atoms with Crippen LogP contribution in [0.4, 0.5) is 10.5 Å². The number of carbonyl (C=O) groups excluding carboxylic acids is 4. The Balaban J connectivity index is 1.23. The minimum Gasteiger partial charge on any atom is -0.508 e. The summed E-state index contributed by atoms with van der Waals surface area (Å²) < 4.78 is 11.9. The number of nitrogens with zero attached hydrogens (tertiary/aromatic N) is 2. The molecule has 3 aliphatic heterocycles. The predicted octanol–water partition coefficient (Wildman–Crippen LogP) is 8.79. The van der Waals surface area contributed by atoms with Crippen LogP contribution in [-0.4, -0.2) is 58.6 Å². The Kier molecular flexibility index (Phi) is 12.7. The minimum absolute atomic E-state index is 0.0495. The van der Waals surface area contributed by atoms with E-state index in [-0.39, 0.29) is 23.5 Å². The van der Waals surface area contributed by atoms with E-state index in [0.717, 1.165) is 16.0 Å². The van der Waals surface area contributed by atoms with Crippen LogP contribution >= 0.6 is 0 Å². The molecule has 12 heteroatoms.